The topological polar surface area (TPSA) is 54.1 Å². The van der Waals surface area contributed by atoms with Gasteiger partial charge >= 0.3 is 6.18 Å². The molecule has 1 saturated carbocycles. The number of aromatic nitrogens is 1. The third kappa shape index (κ3) is 4.76. The number of hydrogen-bond acceptors (Lipinski definition) is 2. The number of benzene rings is 2. The summed E-state index contributed by atoms with van der Waals surface area (Å²) in [6.07, 6.45) is 1.65. The van der Waals surface area contributed by atoms with E-state index in [-0.39, 0.29) is 17.9 Å². The first kappa shape index (κ1) is 21.0. The molecule has 1 aromatic heterocycles. The van der Waals surface area contributed by atoms with E-state index in [0.717, 1.165) is 41.4 Å². The molecule has 31 heavy (non-hydrogen) atoms. The molecule has 0 radical (unpaired) electrons. The number of halogens is 3. The van der Waals surface area contributed by atoms with E-state index in [2.05, 4.69) is 16.9 Å². The van der Waals surface area contributed by atoms with Crippen LogP contribution < -0.4 is 10.1 Å². The minimum absolute atomic E-state index is 0.00863. The fraction of sp³-hybridized carbons (Fsp3) is 0.292. The number of rotatable bonds is 7. The summed E-state index contributed by atoms with van der Waals surface area (Å²) < 4.78 is 44.2. The van der Waals surface area contributed by atoms with Crippen molar-refractivity contribution in [1.82, 2.24) is 4.98 Å². The van der Waals surface area contributed by atoms with Crippen LogP contribution in [0.1, 0.15) is 42.7 Å². The van der Waals surface area contributed by atoms with Gasteiger partial charge in [-0.2, -0.15) is 13.2 Å². The zero-order valence-electron chi connectivity index (χ0n) is 16.8. The molecule has 0 atom stereocenters. The van der Waals surface area contributed by atoms with Crippen LogP contribution in [0.5, 0.6) is 5.75 Å². The zero-order valence-corrected chi connectivity index (χ0v) is 16.8. The molecular formula is C24H23F3N2O2. The molecule has 7 heteroatoms. The van der Waals surface area contributed by atoms with Crippen molar-refractivity contribution in [2.75, 3.05) is 5.32 Å². The molecule has 0 unspecified atom stereocenters. The standard InChI is InChI=1S/C24H23F3N2O2/c1-2-3-4-23(30)29-22-14-28-21-10-9-18(13-20(21)22)31-19-11-16(12-19)15-5-7-17(8-6-15)24(25,26)27/h2,5-10,13-14,16,19,28H,1,3-4,11-12H2,(H,29,30)/t16-,19+. The molecule has 162 valence electrons. The summed E-state index contributed by atoms with van der Waals surface area (Å²) in [5.41, 5.74) is 1.86. The van der Waals surface area contributed by atoms with E-state index < -0.39 is 11.7 Å². The Kier molecular flexibility index (Phi) is 5.76. The number of allylic oxidation sites excluding steroid dienone is 1. The summed E-state index contributed by atoms with van der Waals surface area (Å²) in [7, 11) is 0. The molecule has 0 bridgehead atoms. The maximum atomic E-state index is 12.7. The van der Waals surface area contributed by atoms with Crippen molar-refractivity contribution in [3.63, 3.8) is 0 Å². The Hall–Kier alpha value is -3.22. The summed E-state index contributed by atoms with van der Waals surface area (Å²) in [5.74, 6) is 0.818. The average molecular weight is 428 g/mol. The van der Waals surface area contributed by atoms with Crippen LogP contribution in [-0.2, 0) is 11.0 Å². The first-order valence-electron chi connectivity index (χ1n) is 10.2. The molecule has 1 heterocycles. The quantitative estimate of drug-likeness (QED) is 0.427. The number of amides is 1. The van der Waals surface area contributed by atoms with Gasteiger partial charge in [-0.1, -0.05) is 18.2 Å². The molecule has 1 amide bonds. The lowest BCUT2D eigenvalue weighted by Gasteiger charge is -2.35. The van der Waals surface area contributed by atoms with E-state index in [9.17, 15) is 18.0 Å². The fourth-order valence-electron chi connectivity index (χ4n) is 3.79. The number of carbonyl (C=O) groups excluding carboxylic acids is 1. The Bertz CT molecular complexity index is 1080. The average Bonchev–Trinajstić information content (AvgIpc) is 3.10. The highest BCUT2D eigenvalue weighted by atomic mass is 19.4. The predicted molar refractivity (Wildman–Crippen MR) is 114 cm³/mol. The van der Waals surface area contributed by atoms with Crippen molar-refractivity contribution in [3.05, 3.63) is 72.4 Å². The zero-order chi connectivity index (χ0) is 22.0. The Morgan fingerprint density at radius 1 is 1.19 bits per heavy atom. The Morgan fingerprint density at radius 2 is 1.94 bits per heavy atom. The van der Waals surface area contributed by atoms with Crippen LogP contribution in [0, 0.1) is 0 Å². The number of anilines is 1. The molecule has 0 saturated heterocycles. The van der Waals surface area contributed by atoms with Crippen molar-refractivity contribution in [2.45, 2.75) is 43.9 Å². The Morgan fingerprint density at radius 3 is 2.61 bits per heavy atom. The summed E-state index contributed by atoms with van der Waals surface area (Å²) >= 11 is 0. The van der Waals surface area contributed by atoms with Crippen molar-refractivity contribution < 1.29 is 22.7 Å². The second-order valence-corrected chi connectivity index (χ2v) is 7.81. The molecular weight excluding hydrogens is 405 g/mol. The van der Waals surface area contributed by atoms with Crippen molar-refractivity contribution in [3.8, 4) is 5.75 Å². The number of ether oxygens (including phenoxy) is 1. The second-order valence-electron chi connectivity index (χ2n) is 7.81. The van der Waals surface area contributed by atoms with E-state index in [1.807, 2.05) is 18.2 Å². The largest absolute Gasteiger partial charge is 0.490 e. The number of hydrogen-bond donors (Lipinski definition) is 2. The normalized spacial score (nSPS) is 18.4. The van der Waals surface area contributed by atoms with Crippen molar-refractivity contribution >= 4 is 22.5 Å². The van der Waals surface area contributed by atoms with Gasteiger partial charge in [0.15, 0.2) is 0 Å². The van der Waals surface area contributed by atoms with Gasteiger partial charge in [0.2, 0.25) is 5.91 Å². The highest BCUT2D eigenvalue weighted by molar-refractivity contribution is 6.02. The Labute approximate surface area is 178 Å². The van der Waals surface area contributed by atoms with Gasteiger partial charge in [0.25, 0.3) is 0 Å². The van der Waals surface area contributed by atoms with E-state index in [1.165, 1.54) is 0 Å². The first-order chi connectivity index (χ1) is 14.8. The summed E-state index contributed by atoms with van der Waals surface area (Å²) in [4.78, 5) is 15.1. The monoisotopic (exact) mass is 428 g/mol. The van der Waals surface area contributed by atoms with Crippen LogP contribution in [0.3, 0.4) is 0 Å². The van der Waals surface area contributed by atoms with Crippen LogP contribution in [0.15, 0.2) is 61.3 Å². The molecule has 2 aromatic carbocycles. The predicted octanol–water partition coefficient (Wildman–Crippen LogP) is 6.42. The van der Waals surface area contributed by atoms with Crippen molar-refractivity contribution in [1.29, 1.82) is 0 Å². The van der Waals surface area contributed by atoms with Gasteiger partial charge in [0.1, 0.15) is 5.75 Å². The molecule has 1 aliphatic rings. The third-order valence-electron chi connectivity index (χ3n) is 5.61. The van der Waals surface area contributed by atoms with Crippen LogP contribution in [0.2, 0.25) is 0 Å². The highest BCUT2D eigenvalue weighted by Gasteiger charge is 2.34. The van der Waals surface area contributed by atoms with E-state index in [1.54, 1.807) is 24.4 Å². The van der Waals surface area contributed by atoms with Crippen LogP contribution in [0.25, 0.3) is 10.9 Å². The van der Waals surface area contributed by atoms with E-state index in [4.69, 9.17) is 4.74 Å². The maximum Gasteiger partial charge on any atom is 0.416 e. The highest BCUT2D eigenvalue weighted by Crippen LogP contribution is 2.41. The minimum atomic E-state index is -4.31. The van der Waals surface area contributed by atoms with Gasteiger partial charge in [-0.25, -0.2) is 0 Å². The lowest BCUT2D eigenvalue weighted by atomic mass is 9.77. The fourth-order valence-corrected chi connectivity index (χ4v) is 3.79. The maximum absolute atomic E-state index is 12.7. The van der Waals surface area contributed by atoms with Gasteiger partial charge < -0.3 is 15.0 Å². The number of H-pyrrole nitrogens is 1. The van der Waals surface area contributed by atoms with Gasteiger partial charge in [0, 0.05) is 23.5 Å². The molecule has 4 nitrogen and oxygen atoms in total. The number of carbonyl (C=O) groups is 1. The second kappa shape index (κ2) is 8.49. The van der Waals surface area contributed by atoms with Gasteiger partial charge in [-0.05, 0) is 61.1 Å². The SMILES string of the molecule is C=CCCC(=O)Nc1c[nH]c2ccc(O[C@H]3C[C@@H](c4ccc(C(F)(F)F)cc4)C3)cc12. The molecule has 1 aliphatic carbocycles. The number of alkyl halides is 3. The molecule has 0 aliphatic heterocycles. The van der Waals surface area contributed by atoms with Crippen LogP contribution in [-0.4, -0.2) is 17.0 Å². The van der Waals surface area contributed by atoms with Crippen molar-refractivity contribution in [2.24, 2.45) is 0 Å². The summed E-state index contributed by atoms with van der Waals surface area (Å²) in [5, 5.41) is 3.76. The number of aromatic amines is 1. The molecule has 0 spiro atoms. The third-order valence-corrected chi connectivity index (χ3v) is 5.61. The first-order valence-corrected chi connectivity index (χ1v) is 10.2. The van der Waals surface area contributed by atoms with Crippen LogP contribution in [0.4, 0.5) is 18.9 Å². The smallest absolute Gasteiger partial charge is 0.416 e. The van der Waals surface area contributed by atoms with Gasteiger partial charge in [-0.3, -0.25) is 4.79 Å². The van der Waals surface area contributed by atoms with Crippen LogP contribution >= 0.6 is 0 Å². The Balaban J connectivity index is 1.37. The molecule has 3 aromatic rings. The minimum Gasteiger partial charge on any atom is -0.490 e. The summed E-state index contributed by atoms with van der Waals surface area (Å²) in [6.45, 7) is 3.62. The van der Waals surface area contributed by atoms with Gasteiger partial charge in [0.05, 0.1) is 17.4 Å². The van der Waals surface area contributed by atoms with E-state index in [0.29, 0.717) is 24.3 Å². The summed E-state index contributed by atoms with van der Waals surface area (Å²) in [6, 6.07) is 11.0. The molecule has 4 rings (SSSR count). The van der Waals surface area contributed by atoms with E-state index >= 15 is 0 Å². The lowest BCUT2D eigenvalue weighted by molar-refractivity contribution is -0.137. The number of nitrogens with one attached hydrogen (secondary N) is 2. The molecule has 2 N–H and O–H groups in total. The number of fused-ring (bicyclic) bond motifs is 1. The lowest BCUT2D eigenvalue weighted by Crippen LogP contribution is -2.32. The van der Waals surface area contributed by atoms with Gasteiger partial charge in [-0.15, -0.1) is 6.58 Å². The molecule has 1 fully saturated rings.